The summed E-state index contributed by atoms with van der Waals surface area (Å²) in [6, 6.07) is 5.24. The number of ketones is 1. The molecule has 0 aliphatic carbocycles. The molecule has 12 nitrogen and oxygen atoms in total. The van der Waals surface area contributed by atoms with E-state index in [1.165, 1.54) is 4.90 Å². The molecule has 1 aliphatic rings. The van der Waals surface area contributed by atoms with Gasteiger partial charge in [-0.1, -0.05) is 32.0 Å². The first-order valence-electron chi connectivity index (χ1n) is 12.5. The lowest BCUT2D eigenvalue weighted by molar-refractivity contribution is -0.144. The van der Waals surface area contributed by atoms with Crippen LogP contribution in [0.5, 0.6) is 5.75 Å². The van der Waals surface area contributed by atoms with E-state index in [4.69, 9.17) is 9.84 Å². The Balaban J connectivity index is 2.05. The van der Waals surface area contributed by atoms with Crippen LogP contribution in [0.4, 0.5) is 0 Å². The van der Waals surface area contributed by atoms with Gasteiger partial charge in [-0.05, 0) is 37.3 Å². The Labute approximate surface area is 220 Å². The fourth-order valence-corrected chi connectivity index (χ4v) is 4.10. The third-order valence-corrected chi connectivity index (χ3v) is 6.09. The average molecular weight is 534 g/mol. The fraction of sp³-hybridized carbons (Fsp3) is 0.538. The van der Waals surface area contributed by atoms with Crippen molar-refractivity contribution < 1.29 is 43.7 Å². The van der Waals surface area contributed by atoms with Gasteiger partial charge < -0.3 is 30.5 Å². The van der Waals surface area contributed by atoms with Gasteiger partial charge in [-0.15, -0.1) is 0 Å². The number of carboxylic acid groups (broad SMARTS) is 2. The summed E-state index contributed by atoms with van der Waals surface area (Å²) in [6.45, 7) is 3.28. The Hall–Kier alpha value is -3.96. The second kappa shape index (κ2) is 14.7. The van der Waals surface area contributed by atoms with E-state index in [0.717, 1.165) is 0 Å². The number of carbonyl (C=O) groups excluding carboxylic acids is 4. The van der Waals surface area contributed by atoms with Gasteiger partial charge in [0.25, 0.3) is 0 Å². The minimum Gasteiger partial charge on any atom is -0.486 e. The number of nitrogens with zero attached hydrogens (tertiary/aromatic N) is 1. The standard InChI is InChI=1S/C26H35N3O9/c1-16(2)24(28-21(31)11-6-12-22(32)33)26(37)29-13-7-10-19(29)25(36)27-18(14-23(34)35)20(30)15-38-17-8-4-3-5-9-17/h3-5,8-9,16,18-19,24H,6-7,10-15H2,1-2H3,(H,27,36)(H,28,31)(H,32,33)(H,34,35)/t18-,19-,24-/m0/s1. The van der Waals surface area contributed by atoms with Crippen molar-refractivity contribution in [1.29, 1.82) is 0 Å². The lowest BCUT2D eigenvalue weighted by Gasteiger charge is -2.31. The van der Waals surface area contributed by atoms with Gasteiger partial charge in [0.2, 0.25) is 17.7 Å². The fourth-order valence-electron chi connectivity index (χ4n) is 4.10. The zero-order valence-corrected chi connectivity index (χ0v) is 21.6. The lowest BCUT2D eigenvalue weighted by atomic mass is 10.0. The van der Waals surface area contributed by atoms with Crippen LogP contribution in [0.1, 0.15) is 52.4 Å². The third kappa shape index (κ3) is 9.49. The highest BCUT2D eigenvalue weighted by atomic mass is 16.5. The number of rotatable bonds is 15. The second-order valence-electron chi connectivity index (χ2n) is 9.45. The van der Waals surface area contributed by atoms with Crippen molar-refractivity contribution in [3.63, 3.8) is 0 Å². The molecule has 0 spiro atoms. The predicted octanol–water partition coefficient (Wildman–Crippen LogP) is 0.981. The molecule has 4 N–H and O–H groups in total. The molecule has 1 fully saturated rings. The Morgan fingerprint density at radius 3 is 2.29 bits per heavy atom. The van der Waals surface area contributed by atoms with E-state index >= 15 is 0 Å². The molecule has 0 radical (unpaired) electrons. The summed E-state index contributed by atoms with van der Waals surface area (Å²) in [5, 5.41) is 23.1. The van der Waals surface area contributed by atoms with Gasteiger partial charge in [-0.2, -0.15) is 0 Å². The first kappa shape index (κ1) is 30.3. The molecule has 0 bridgehead atoms. The van der Waals surface area contributed by atoms with E-state index in [9.17, 15) is 33.9 Å². The minimum absolute atomic E-state index is 0.0588. The van der Waals surface area contributed by atoms with E-state index in [1.807, 2.05) is 0 Å². The summed E-state index contributed by atoms with van der Waals surface area (Å²) >= 11 is 0. The molecular weight excluding hydrogens is 498 g/mol. The quantitative estimate of drug-likeness (QED) is 0.256. The van der Waals surface area contributed by atoms with Gasteiger partial charge in [0.15, 0.2) is 5.78 Å². The molecule has 0 saturated carbocycles. The smallest absolute Gasteiger partial charge is 0.305 e. The number of para-hydroxylation sites is 1. The molecule has 1 aromatic carbocycles. The van der Waals surface area contributed by atoms with Crippen molar-refractivity contribution in [1.82, 2.24) is 15.5 Å². The van der Waals surface area contributed by atoms with Gasteiger partial charge in [-0.3, -0.25) is 28.8 Å². The van der Waals surface area contributed by atoms with Gasteiger partial charge >= 0.3 is 11.9 Å². The number of amides is 3. The van der Waals surface area contributed by atoms with E-state index < -0.39 is 66.6 Å². The maximum Gasteiger partial charge on any atom is 0.305 e. The van der Waals surface area contributed by atoms with E-state index in [-0.39, 0.29) is 31.7 Å². The minimum atomic E-state index is -1.35. The highest BCUT2D eigenvalue weighted by molar-refractivity contribution is 5.96. The maximum atomic E-state index is 13.3. The SMILES string of the molecule is CC(C)[C@H](NC(=O)CCCC(=O)O)C(=O)N1CCC[C@H]1C(=O)N[C@@H](CC(=O)O)C(=O)COc1ccccc1. The Bertz CT molecular complexity index is 1010. The van der Waals surface area contributed by atoms with Gasteiger partial charge in [0, 0.05) is 19.4 Å². The number of hydrogen-bond donors (Lipinski definition) is 4. The van der Waals surface area contributed by atoms with Crippen molar-refractivity contribution in [2.75, 3.05) is 13.2 Å². The van der Waals surface area contributed by atoms with Crippen molar-refractivity contribution >= 4 is 35.4 Å². The average Bonchev–Trinajstić information content (AvgIpc) is 3.35. The van der Waals surface area contributed by atoms with Crippen LogP contribution >= 0.6 is 0 Å². The summed E-state index contributed by atoms with van der Waals surface area (Å²) in [4.78, 5) is 74.8. The van der Waals surface area contributed by atoms with Crippen molar-refractivity contribution in [3.8, 4) is 5.75 Å². The second-order valence-corrected chi connectivity index (χ2v) is 9.45. The zero-order valence-electron chi connectivity index (χ0n) is 21.6. The van der Waals surface area contributed by atoms with Crippen LogP contribution in [0.2, 0.25) is 0 Å². The summed E-state index contributed by atoms with van der Waals surface area (Å²) < 4.78 is 5.40. The molecule has 1 aromatic rings. The van der Waals surface area contributed by atoms with Crippen LogP contribution in [0, 0.1) is 5.92 Å². The molecule has 3 atom stereocenters. The predicted molar refractivity (Wildman–Crippen MR) is 134 cm³/mol. The Morgan fingerprint density at radius 1 is 1.00 bits per heavy atom. The molecule has 3 amide bonds. The molecule has 38 heavy (non-hydrogen) atoms. The maximum absolute atomic E-state index is 13.3. The van der Waals surface area contributed by atoms with E-state index in [1.54, 1.807) is 44.2 Å². The molecule has 12 heteroatoms. The van der Waals surface area contributed by atoms with Crippen molar-refractivity contribution in [2.45, 2.75) is 70.5 Å². The summed E-state index contributed by atoms with van der Waals surface area (Å²) in [5.41, 5.74) is 0. The molecule has 0 unspecified atom stereocenters. The number of hydrogen-bond acceptors (Lipinski definition) is 7. The number of ether oxygens (including phenoxy) is 1. The van der Waals surface area contributed by atoms with Gasteiger partial charge in [-0.25, -0.2) is 0 Å². The summed E-state index contributed by atoms with van der Waals surface area (Å²) in [7, 11) is 0. The number of carbonyl (C=O) groups is 6. The first-order valence-corrected chi connectivity index (χ1v) is 12.5. The number of aliphatic carboxylic acids is 2. The molecular formula is C26H35N3O9. The number of benzene rings is 1. The number of Topliss-reactive ketones (excluding diaryl/α,β-unsaturated/α-hetero) is 1. The normalized spacial score (nSPS) is 16.4. The molecule has 1 saturated heterocycles. The molecule has 1 aliphatic heterocycles. The number of likely N-dealkylation sites (tertiary alicyclic amines) is 1. The van der Waals surface area contributed by atoms with Crippen LogP contribution in [-0.2, 0) is 28.8 Å². The highest BCUT2D eigenvalue weighted by Crippen LogP contribution is 2.21. The van der Waals surface area contributed by atoms with E-state index in [0.29, 0.717) is 18.6 Å². The van der Waals surface area contributed by atoms with Crippen LogP contribution in [0.3, 0.4) is 0 Å². The first-order chi connectivity index (χ1) is 18.0. The third-order valence-electron chi connectivity index (χ3n) is 6.09. The monoisotopic (exact) mass is 533 g/mol. The van der Waals surface area contributed by atoms with Crippen molar-refractivity contribution in [2.24, 2.45) is 5.92 Å². The van der Waals surface area contributed by atoms with Crippen LogP contribution < -0.4 is 15.4 Å². The Morgan fingerprint density at radius 2 is 1.68 bits per heavy atom. The largest absolute Gasteiger partial charge is 0.486 e. The zero-order chi connectivity index (χ0) is 28.2. The molecule has 1 heterocycles. The van der Waals surface area contributed by atoms with Crippen LogP contribution in [0.25, 0.3) is 0 Å². The highest BCUT2D eigenvalue weighted by Gasteiger charge is 2.39. The Kier molecular flexibility index (Phi) is 11.7. The van der Waals surface area contributed by atoms with Crippen molar-refractivity contribution in [3.05, 3.63) is 30.3 Å². The molecule has 0 aromatic heterocycles. The van der Waals surface area contributed by atoms with Crippen LogP contribution in [0.15, 0.2) is 30.3 Å². The van der Waals surface area contributed by atoms with Gasteiger partial charge in [0.1, 0.15) is 30.5 Å². The topological polar surface area (TPSA) is 179 Å². The molecule has 2 rings (SSSR count). The van der Waals surface area contributed by atoms with Crippen LogP contribution in [-0.4, -0.2) is 81.8 Å². The van der Waals surface area contributed by atoms with Gasteiger partial charge in [0.05, 0.1) is 6.42 Å². The number of carboxylic acids is 2. The molecule has 208 valence electrons. The summed E-state index contributed by atoms with van der Waals surface area (Å²) in [6.07, 6.45) is 0.0665. The lowest BCUT2D eigenvalue weighted by Crippen LogP contribution is -2.57. The van der Waals surface area contributed by atoms with E-state index in [2.05, 4.69) is 10.6 Å². The summed E-state index contributed by atoms with van der Waals surface area (Å²) in [5.74, 6) is -4.44. The number of nitrogens with one attached hydrogen (secondary N) is 2.